The van der Waals surface area contributed by atoms with Crippen LogP contribution in [0.1, 0.15) is 98.4 Å². The fraction of sp³-hybridized carbons (Fsp3) is 0.368. The molecule has 0 radical (unpaired) electrons. The molecule has 0 amide bonds. The number of benzene rings is 4. The van der Waals surface area contributed by atoms with E-state index in [0.717, 1.165) is 12.8 Å². The van der Waals surface area contributed by atoms with Crippen LogP contribution in [-0.2, 0) is 12.8 Å². The topological polar surface area (TPSA) is 0 Å². The van der Waals surface area contributed by atoms with Crippen LogP contribution in [-0.4, -0.2) is 0 Å². The van der Waals surface area contributed by atoms with Crippen LogP contribution in [0.2, 0.25) is 0 Å². The maximum Gasteiger partial charge on any atom is -0.00258 e. The molecule has 0 atom stereocenters. The van der Waals surface area contributed by atoms with E-state index in [2.05, 4.69) is 125 Å². The highest BCUT2D eigenvalue weighted by Gasteiger charge is 1.92. The van der Waals surface area contributed by atoms with E-state index in [0.29, 0.717) is 0 Å². The maximum absolute atomic E-state index is 2.16. The SMILES string of the molecule is C.CC.CC.CC.CCC.CCc1ccccc1.Cc1ccccc1.c1ccc(Cc2ccccc2)cc1. The summed E-state index contributed by atoms with van der Waals surface area (Å²) >= 11 is 0. The second-order valence-electron chi connectivity index (χ2n) is 7.35. The summed E-state index contributed by atoms with van der Waals surface area (Å²) in [5.41, 5.74) is 5.47. The molecule has 0 saturated heterocycles. The molecule has 0 nitrogen and oxygen atoms in total. The van der Waals surface area contributed by atoms with Crippen LogP contribution in [0.15, 0.2) is 121 Å². The second kappa shape index (κ2) is 36.0. The van der Waals surface area contributed by atoms with Gasteiger partial charge in [-0.2, -0.15) is 0 Å². The van der Waals surface area contributed by atoms with E-state index >= 15 is 0 Å². The first-order chi connectivity index (χ1) is 18.2. The van der Waals surface area contributed by atoms with Gasteiger partial charge in [-0.15, -0.1) is 0 Å². The number of aryl methyl sites for hydroxylation is 2. The van der Waals surface area contributed by atoms with E-state index in [9.17, 15) is 0 Å². The van der Waals surface area contributed by atoms with Crippen molar-refractivity contribution in [1.29, 1.82) is 0 Å². The molecule has 0 aliphatic heterocycles. The van der Waals surface area contributed by atoms with Gasteiger partial charge in [0, 0.05) is 0 Å². The van der Waals surface area contributed by atoms with E-state index in [1.54, 1.807) is 0 Å². The van der Waals surface area contributed by atoms with Gasteiger partial charge in [-0.1, -0.05) is 203 Å². The largest absolute Gasteiger partial charge is 0.0776 e. The maximum atomic E-state index is 2.16. The third kappa shape index (κ3) is 27.5. The summed E-state index contributed by atoms with van der Waals surface area (Å²) in [7, 11) is 0. The molecule has 0 aromatic heterocycles. The van der Waals surface area contributed by atoms with Crippen molar-refractivity contribution in [2.24, 2.45) is 0 Å². The van der Waals surface area contributed by atoms with Crippen molar-refractivity contribution in [3.05, 3.63) is 144 Å². The molecule has 4 rings (SSSR count). The summed E-state index contributed by atoms with van der Waals surface area (Å²) in [6.45, 7) is 20.5. The summed E-state index contributed by atoms with van der Waals surface area (Å²) in [6, 6.07) is 41.8. The molecule has 0 heteroatoms. The first kappa shape index (κ1) is 42.0. The van der Waals surface area contributed by atoms with Crippen molar-refractivity contribution in [3.8, 4) is 0 Å². The number of rotatable bonds is 3. The predicted molar refractivity (Wildman–Crippen MR) is 179 cm³/mol. The molecular formula is C38H60. The average Bonchev–Trinajstić information content (AvgIpc) is 2.99. The van der Waals surface area contributed by atoms with Crippen LogP contribution in [0.25, 0.3) is 0 Å². The zero-order chi connectivity index (χ0) is 28.6. The van der Waals surface area contributed by atoms with Gasteiger partial charge in [0.05, 0.1) is 0 Å². The summed E-state index contributed by atoms with van der Waals surface area (Å²) in [4.78, 5) is 0. The first-order valence-electron chi connectivity index (χ1n) is 14.3. The molecule has 0 heterocycles. The van der Waals surface area contributed by atoms with Crippen molar-refractivity contribution in [3.63, 3.8) is 0 Å². The average molecular weight is 517 g/mol. The highest BCUT2D eigenvalue weighted by molar-refractivity contribution is 5.25. The standard InChI is InChI=1S/C13H12.C8H10.C7H8.C3H8.3C2H6.CH4/c1-3-7-12(8-4-1)11-13-9-5-2-6-10-13;1-2-8-6-4-3-5-7-8;1-7-5-3-2-4-6-7;1-3-2;3*1-2;/h1-10H,11H2;3-7H,2H2,1H3;2-6H,1H3;3H2,1-2H3;3*1-2H3;1H4. The zero-order valence-corrected chi connectivity index (χ0v) is 25.7. The van der Waals surface area contributed by atoms with E-state index in [1.807, 2.05) is 65.8 Å². The lowest BCUT2D eigenvalue weighted by Crippen LogP contribution is -1.85. The summed E-state index contributed by atoms with van der Waals surface area (Å²) in [6.07, 6.45) is 3.42. The zero-order valence-electron chi connectivity index (χ0n) is 25.7. The fourth-order valence-corrected chi connectivity index (χ4v) is 2.68. The molecule has 4 aromatic carbocycles. The summed E-state index contributed by atoms with van der Waals surface area (Å²) < 4.78 is 0. The highest BCUT2D eigenvalue weighted by Crippen LogP contribution is 2.07. The molecule has 212 valence electrons. The van der Waals surface area contributed by atoms with Gasteiger partial charge in [0.2, 0.25) is 0 Å². The minimum atomic E-state index is 0. The lowest BCUT2D eigenvalue weighted by atomic mass is 10.1. The lowest BCUT2D eigenvalue weighted by Gasteiger charge is -2.00. The third-order valence-electron chi connectivity index (χ3n) is 4.29. The Morgan fingerprint density at radius 1 is 0.395 bits per heavy atom. The Kier molecular flexibility index (Phi) is 39.8. The van der Waals surface area contributed by atoms with Crippen molar-refractivity contribution < 1.29 is 0 Å². The first-order valence-corrected chi connectivity index (χ1v) is 14.3. The summed E-state index contributed by atoms with van der Waals surface area (Å²) in [5.74, 6) is 0. The van der Waals surface area contributed by atoms with Crippen LogP contribution in [0, 0.1) is 6.92 Å². The highest BCUT2D eigenvalue weighted by atomic mass is 14.0. The van der Waals surface area contributed by atoms with E-state index in [4.69, 9.17) is 0 Å². The Labute approximate surface area is 239 Å². The van der Waals surface area contributed by atoms with Gasteiger partial charge in [0.1, 0.15) is 0 Å². The predicted octanol–water partition coefficient (Wildman–Crippen LogP) is 12.7. The van der Waals surface area contributed by atoms with Crippen LogP contribution in [0.5, 0.6) is 0 Å². The Hall–Kier alpha value is -3.12. The van der Waals surface area contributed by atoms with E-state index in [-0.39, 0.29) is 7.43 Å². The van der Waals surface area contributed by atoms with Gasteiger partial charge in [0.15, 0.2) is 0 Å². The van der Waals surface area contributed by atoms with Crippen LogP contribution < -0.4 is 0 Å². The number of hydrogen-bond donors (Lipinski definition) is 0. The van der Waals surface area contributed by atoms with Gasteiger partial charge in [-0.3, -0.25) is 0 Å². The van der Waals surface area contributed by atoms with Gasteiger partial charge >= 0.3 is 0 Å². The van der Waals surface area contributed by atoms with Crippen molar-refractivity contribution in [2.75, 3.05) is 0 Å². The molecule has 0 saturated carbocycles. The van der Waals surface area contributed by atoms with Crippen LogP contribution in [0.4, 0.5) is 0 Å². The minimum Gasteiger partial charge on any atom is -0.0776 e. The summed E-state index contributed by atoms with van der Waals surface area (Å²) in [5, 5.41) is 0. The molecule has 0 aliphatic rings. The van der Waals surface area contributed by atoms with Crippen molar-refractivity contribution >= 4 is 0 Å². The molecule has 0 N–H and O–H groups in total. The Bertz CT molecular complexity index is 829. The fourth-order valence-electron chi connectivity index (χ4n) is 2.68. The quantitative estimate of drug-likeness (QED) is 0.254. The molecule has 4 aromatic rings. The second-order valence-corrected chi connectivity index (χ2v) is 7.35. The van der Waals surface area contributed by atoms with Crippen LogP contribution in [0.3, 0.4) is 0 Å². The van der Waals surface area contributed by atoms with Crippen LogP contribution >= 0.6 is 0 Å². The monoisotopic (exact) mass is 516 g/mol. The van der Waals surface area contributed by atoms with Gasteiger partial charge < -0.3 is 0 Å². The van der Waals surface area contributed by atoms with E-state index in [1.165, 1.54) is 28.7 Å². The Morgan fingerprint density at radius 2 is 0.632 bits per heavy atom. The van der Waals surface area contributed by atoms with Gasteiger partial charge in [0.25, 0.3) is 0 Å². The molecule has 0 spiro atoms. The number of hydrogen-bond acceptors (Lipinski definition) is 0. The molecular weight excluding hydrogens is 456 g/mol. The normalized spacial score (nSPS) is 7.84. The Balaban J connectivity index is -0.000000203. The molecule has 0 bridgehead atoms. The molecule has 0 aliphatic carbocycles. The van der Waals surface area contributed by atoms with Crippen molar-refractivity contribution in [2.45, 2.75) is 95.9 Å². The third-order valence-corrected chi connectivity index (χ3v) is 4.29. The van der Waals surface area contributed by atoms with Gasteiger partial charge in [-0.05, 0) is 36.5 Å². The minimum absolute atomic E-state index is 0. The lowest BCUT2D eigenvalue weighted by molar-refractivity contribution is 1.09. The smallest absolute Gasteiger partial charge is 0.00258 e. The molecule has 0 unspecified atom stereocenters. The molecule has 0 fully saturated rings. The Morgan fingerprint density at radius 3 is 0.816 bits per heavy atom. The molecule has 38 heavy (non-hydrogen) atoms. The van der Waals surface area contributed by atoms with Crippen molar-refractivity contribution in [1.82, 2.24) is 0 Å². The van der Waals surface area contributed by atoms with E-state index < -0.39 is 0 Å². The van der Waals surface area contributed by atoms with Gasteiger partial charge in [-0.25, -0.2) is 0 Å².